The molecular formula is C23H16. The molecule has 0 nitrogen and oxygen atoms in total. The number of hydrogen-bond donors (Lipinski definition) is 0. The van der Waals surface area contributed by atoms with Crippen molar-refractivity contribution in [1.82, 2.24) is 0 Å². The highest BCUT2D eigenvalue weighted by molar-refractivity contribution is 5.88. The fourth-order valence-electron chi connectivity index (χ4n) is 3.69. The minimum Gasteiger partial charge on any atom is -0.0619 e. The maximum atomic E-state index is 2.36. The SMILES string of the molecule is c1ccc2c(c1)Cc1cc(-c3ccc4ccccc4c3)ccc1-2. The Labute approximate surface area is 136 Å². The minimum absolute atomic E-state index is 1.05. The van der Waals surface area contributed by atoms with Crippen LogP contribution in [0.25, 0.3) is 33.0 Å². The van der Waals surface area contributed by atoms with Crippen molar-refractivity contribution in [2.24, 2.45) is 0 Å². The third-order valence-electron chi connectivity index (χ3n) is 4.88. The van der Waals surface area contributed by atoms with Crippen LogP contribution in [0.2, 0.25) is 0 Å². The van der Waals surface area contributed by atoms with Gasteiger partial charge in [0.1, 0.15) is 0 Å². The molecule has 0 aromatic heterocycles. The van der Waals surface area contributed by atoms with Crippen LogP contribution in [0.3, 0.4) is 0 Å². The molecule has 0 spiro atoms. The maximum Gasteiger partial charge on any atom is -0.00132 e. The lowest BCUT2D eigenvalue weighted by atomic mass is 9.97. The Hall–Kier alpha value is -2.86. The van der Waals surface area contributed by atoms with Crippen LogP contribution in [0.5, 0.6) is 0 Å². The molecule has 0 atom stereocenters. The second-order valence-electron chi connectivity index (χ2n) is 6.27. The van der Waals surface area contributed by atoms with E-state index in [1.165, 1.54) is 44.2 Å². The van der Waals surface area contributed by atoms with E-state index in [1.54, 1.807) is 0 Å². The zero-order valence-corrected chi connectivity index (χ0v) is 12.8. The fraction of sp³-hybridized carbons (Fsp3) is 0.0435. The molecule has 0 N–H and O–H groups in total. The van der Waals surface area contributed by atoms with Crippen molar-refractivity contribution in [3.05, 3.63) is 96.1 Å². The molecule has 0 unspecified atom stereocenters. The molecule has 0 heterocycles. The topological polar surface area (TPSA) is 0 Å². The number of fused-ring (bicyclic) bond motifs is 4. The summed E-state index contributed by atoms with van der Waals surface area (Å²) in [5.41, 5.74) is 8.28. The van der Waals surface area contributed by atoms with E-state index in [0.717, 1.165) is 6.42 Å². The monoisotopic (exact) mass is 292 g/mol. The Morgan fingerprint density at radius 1 is 0.478 bits per heavy atom. The zero-order valence-electron chi connectivity index (χ0n) is 12.8. The largest absolute Gasteiger partial charge is 0.0619 e. The maximum absolute atomic E-state index is 2.36. The highest BCUT2D eigenvalue weighted by Crippen LogP contribution is 2.38. The van der Waals surface area contributed by atoms with E-state index in [4.69, 9.17) is 0 Å². The summed E-state index contributed by atoms with van der Waals surface area (Å²) in [5.74, 6) is 0. The van der Waals surface area contributed by atoms with Gasteiger partial charge in [-0.05, 0) is 56.6 Å². The Morgan fingerprint density at radius 3 is 2.13 bits per heavy atom. The highest BCUT2D eigenvalue weighted by atomic mass is 14.2. The van der Waals surface area contributed by atoms with E-state index in [1.807, 2.05) is 0 Å². The van der Waals surface area contributed by atoms with Gasteiger partial charge in [-0.2, -0.15) is 0 Å². The summed E-state index contributed by atoms with van der Waals surface area (Å²) >= 11 is 0. The van der Waals surface area contributed by atoms with Gasteiger partial charge >= 0.3 is 0 Å². The second kappa shape index (κ2) is 4.82. The first kappa shape index (κ1) is 12.7. The molecule has 5 rings (SSSR count). The summed E-state index contributed by atoms with van der Waals surface area (Å²) in [4.78, 5) is 0. The van der Waals surface area contributed by atoms with Crippen LogP contribution < -0.4 is 0 Å². The van der Waals surface area contributed by atoms with E-state index in [9.17, 15) is 0 Å². The normalized spacial score (nSPS) is 12.2. The van der Waals surface area contributed by atoms with Crippen molar-refractivity contribution >= 4 is 10.8 Å². The summed E-state index contributed by atoms with van der Waals surface area (Å²) in [6, 6.07) is 30.9. The summed E-state index contributed by atoms with van der Waals surface area (Å²) in [7, 11) is 0. The van der Waals surface area contributed by atoms with Crippen LogP contribution >= 0.6 is 0 Å². The fourth-order valence-corrected chi connectivity index (χ4v) is 3.69. The average Bonchev–Trinajstić information content (AvgIpc) is 2.99. The summed E-state index contributed by atoms with van der Waals surface area (Å²) in [6.45, 7) is 0. The van der Waals surface area contributed by atoms with Crippen molar-refractivity contribution < 1.29 is 0 Å². The van der Waals surface area contributed by atoms with Crippen LogP contribution in [0.15, 0.2) is 84.9 Å². The van der Waals surface area contributed by atoms with Crippen molar-refractivity contribution in [1.29, 1.82) is 0 Å². The van der Waals surface area contributed by atoms with Crippen LogP contribution in [-0.2, 0) is 6.42 Å². The molecule has 1 aliphatic rings. The first-order valence-electron chi connectivity index (χ1n) is 8.09. The van der Waals surface area contributed by atoms with Gasteiger partial charge in [0.15, 0.2) is 0 Å². The third-order valence-corrected chi connectivity index (χ3v) is 4.88. The Morgan fingerprint density at radius 2 is 1.17 bits per heavy atom. The van der Waals surface area contributed by atoms with Crippen molar-refractivity contribution in [2.45, 2.75) is 6.42 Å². The lowest BCUT2D eigenvalue weighted by Gasteiger charge is -2.07. The van der Waals surface area contributed by atoms with Gasteiger partial charge in [0, 0.05) is 0 Å². The predicted octanol–water partition coefficient (Wildman–Crippen LogP) is 6.08. The molecule has 0 heteroatoms. The Balaban J connectivity index is 1.63. The highest BCUT2D eigenvalue weighted by Gasteiger charge is 2.18. The average molecular weight is 292 g/mol. The van der Waals surface area contributed by atoms with Crippen LogP contribution in [0, 0.1) is 0 Å². The molecule has 0 saturated heterocycles. The first-order chi connectivity index (χ1) is 11.4. The molecule has 0 bridgehead atoms. The molecule has 0 fully saturated rings. The lowest BCUT2D eigenvalue weighted by Crippen LogP contribution is -1.84. The van der Waals surface area contributed by atoms with Crippen LogP contribution in [0.4, 0.5) is 0 Å². The minimum atomic E-state index is 1.05. The Kier molecular flexibility index (Phi) is 2.65. The third kappa shape index (κ3) is 1.99. The molecule has 4 aromatic rings. The van der Waals surface area contributed by atoms with Crippen LogP contribution in [0.1, 0.15) is 11.1 Å². The van der Waals surface area contributed by atoms with E-state index in [2.05, 4.69) is 84.9 Å². The lowest BCUT2D eigenvalue weighted by molar-refractivity contribution is 1.26. The Bertz CT molecular complexity index is 1040. The van der Waals surface area contributed by atoms with Gasteiger partial charge in [-0.3, -0.25) is 0 Å². The molecule has 0 saturated carbocycles. The van der Waals surface area contributed by atoms with E-state index >= 15 is 0 Å². The summed E-state index contributed by atoms with van der Waals surface area (Å²) < 4.78 is 0. The van der Waals surface area contributed by atoms with Gasteiger partial charge < -0.3 is 0 Å². The molecule has 4 aromatic carbocycles. The van der Waals surface area contributed by atoms with Gasteiger partial charge in [0.05, 0.1) is 0 Å². The second-order valence-corrected chi connectivity index (χ2v) is 6.27. The van der Waals surface area contributed by atoms with Crippen molar-refractivity contribution in [2.75, 3.05) is 0 Å². The number of rotatable bonds is 1. The summed E-state index contributed by atoms with van der Waals surface area (Å²) in [6.07, 6.45) is 1.05. The van der Waals surface area contributed by atoms with Crippen molar-refractivity contribution in [3.63, 3.8) is 0 Å². The molecule has 0 aliphatic heterocycles. The molecule has 0 radical (unpaired) electrons. The molecule has 23 heavy (non-hydrogen) atoms. The van der Waals surface area contributed by atoms with E-state index in [0.29, 0.717) is 0 Å². The molecular weight excluding hydrogens is 276 g/mol. The zero-order chi connectivity index (χ0) is 15.2. The van der Waals surface area contributed by atoms with Gasteiger partial charge in [-0.25, -0.2) is 0 Å². The molecule has 0 amide bonds. The summed E-state index contributed by atoms with van der Waals surface area (Å²) in [5, 5.41) is 2.60. The quantitative estimate of drug-likeness (QED) is 0.351. The van der Waals surface area contributed by atoms with Gasteiger partial charge in [-0.1, -0.05) is 78.9 Å². The van der Waals surface area contributed by atoms with Gasteiger partial charge in [0.25, 0.3) is 0 Å². The number of benzene rings is 4. The predicted molar refractivity (Wildman–Crippen MR) is 97.6 cm³/mol. The number of hydrogen-bond acceptors (Lipinski definition) is 0. The standard InChI is InChI=1S/C23H16/c1-2-6-17-13-18(10-9-16(17)5-1)19-11-12-23-21(14-19)15-20-7-3-4-8-22(20)23/h1-14H,15H2. The van der Waals surface area contributed by atoms with Gasteiger partial charge in [-0.15, -0.1) is 0 Å². The van der Waals surface area contributed by atoms with E-state index < -0.39 is 0 Å². The first-order valence-corrected chi connectivity index (χ1v) is 8.09. The van der Waals surface area contributed by atoms with Crippen LogP contribution in [-0.4, -0.2) is 0 Å². The smallest absolute Gasteiger partial charge is 0.00132 e. The van der Waals surface area contributed by atoms with Gasteiger partial charge in [0.2, 0.25) is 0 Å². The van der Waals surface area contributed by atoms with Crippen molar-refractivity contribution in [3.8, 4) is 22.3 Å². The van der Waals surface area contributed by atoms with E-state index in [-0.39, 0.29) is 0 Å². The molecule has 108 valence electrons. The molecule has 1 aliphatic carbocycles.